The Bertz CT molecular complexity index is 362. The Labute approximate surface area is 182 Å². The van der Waals surface area contributed by atoms with Crippen molar-refractivity contribution in [2.24, 2.45) is 5.92 Å². The van der Waals surface area contributed by atoms with E-state index in [2.05, 4.69) is 64.3 Å². The lowest BCUT2D eigenvalue weighted by Crippen LogP contribution is -2.47. The Kier molecular flexibility index (Phi) is 34.7. The summed E-state index contributed by atoms with van der Waals surface area (Å²) in [6.45, 7) is 36.5. The number of nitrogens with one attached hydrogen (secondary N) is 2. The van der Waals surface area contributed by atoms with Gasteiger partial charge in [0.15, 0.2) is 0 Å². The average molecular weight is 417 g/mol. The average Bonchev–Trinajstić information content (AvgIpc) is 2.65. The number of hydrogen-bond acceptors (Lipinski definition) is 4. The third-order valence-electron chi connectivity index (χ3n) is 2.83. The van der Waals surface area contributed by atoms with Crippen LogP contribution in [0.25, 0.3) is 0 Å². The summed E-state index contributed by atoms with van der Waals surface area (Å²) in [6.07, 6.45) is -0.0193. The van der Waals surface area contributed by atoms with Gasteiger partial charge >= 0.3 is 6.09 Å². The molecule has 0 saturated heterocycles. The summed E-state index contributed by atoms with van der Waals surface area (Å²) in [5.41, 5.74) is 0.731. The Morgan fingerprint density at radius 1 is 1.03 bits per heavy atom. The van der Waals surface area contributed by atoms with Crippen LogP contribution in [0.15, 0.2) is 38.5 Å². The Balaban J connectivity index is -0.000000146. The van der Waals surface area contributed by atoms with Gasteiger partial charge in [-0.05, 0) is 53.5 Å². The summed E-state index contributed by atoms with van der Waals surface area (Å²) in [6, 6.07) is -0.348. The van der Waals surface area contributed by atoms with E-state index < -0.39 is 17.8 Å². The molecule has 0 bridgehead atoms. The van der Waals surface area contributed by atoms with Gasteiger partial charge in [-0.3, -0.25) is 0 Å². The third-order valence-corrected chi connectivity index (χ3v) is 2.83. The number of carbonyl (C=O) groups is 1. The molecule has 0 heterocycles. The first kappa shape index (κ1) is 38.1. The quantitative estimate of drug-likeness (QED) is 0.438. The van der Waals surface area contributed by atoms with Crippen LogP contribution in [0.5, 0.6) is 0 Å². The predicted octanol–water partition coefficient (Wildman–Crippen LogP) is 6.11. The largest absolute Gasteiger partial charge is 0.444 e. The van der Waals surface area contributed by atoms with Crippen molar-refractivity contribution in [1.82, 2.24) is 10.6 Å². The van der Waals surface area contributed by atoms with Crippen LogP contribution in [0.4, 0.5) is 4.79 Å². The maximum absolute atomic E-state index is 11.5. The molecule has 2 atom stereocenters. The first-order valence-corrected chi connectivity index (χ1v) is 10.4. The summed E-state index contributed by atoms with van der Waals surface area (Å²) < 4.78 is 5.12. The number of carbonyl (C=O) groups excluding carboxylic acids is 1. The lowest BCUT2D eigenvalue weighted by molar-refractivity contribution is 0.0436. The first-order chi connectivity index (χ1) is 13.4. The third kappa shape index (κ3) is 41.8. The molecule has 0 spiro atoms. The minimum absolute atomic E-state index is 0.348. The molecule has 0 rings (SSSR count). The molecular formula is C24H52N2O3. The van der Waals surface area contributed by atoms with Crippen LogP contribution in [-0.2, 0) is 4.74 Å². The lowest BCUT2D eigenvalue weighted by Gasteiger charge is -2.24. The fraction of sp³-hybridized carbons (Fsp3) is 0.708. The van der Waals surface area contributed by atoms with Gasteiger partial charge in [0.1, 0.15) is 5.60 Å². The van der Waals surface area contributed by atoms with Gasteiger partial charge in [0.2, 0.25) is 0 Å². The molecule has 1 amide bonds. The standard InChI is InChI=1S/C13H28N2O3.C5H10.C2H6.2C2H4/c1-9(2)7-14-8-11(16)10(3)15-12(17)18-13(4,5)6;1-4-5(2)3;3*1-2/h9-11,14,16H,7-8H2,1-6H3,(H,15,17);2,4H2,1,3H3;1-2H3;2*1-2H2/t10-,11+;;;;/m0..../s1. The SMILES string of the molecule is C=C.C=C.C=C(C)CC.CC.CC(C)CNC[C@@H](O)[C@H](C)NC(=O)OC(C)(C)C. The van der Waals surface area contributed by atoms with Gasteiger partial charge < -0.3 is 20.5 Å². The van der Waals surface area contributed by atoms with Crippen molar-refractivity contribution >= 4 is 6.09 Å². The molecule has 0 aromatic carbocycles. The van der Waals surface area contributed by atoms with Gasteiger partial charge in [-0.25, -0.2) is 4.79 Å². The number of ether oxygens (including phenoxy) is 1. The molecule has 0 aliphatic carbocycles. The van der Waals surface area contributed by atoms with E-state index in [0.717, 1.165) is 13.0 Å². The summed E-state index contributed by atoms with van der Waals surface area (Å²) in [4.78, 5) is 11.5. The van der Waals surface area contributed by atoms with Crippen molar-refractivity contribution in [2.75, 3.05) is 13.1 Å². The zero-order valence-electron chi connectivity index (χ0n) is 21.2. The van der Waals surface area contributed by atoms with Crippen LogP contribution in [0.2, 0.25) is 0 Å². The van der Waals surface area contributed by atoms with Gasteiger partial charge in [0.05, 0.1) is 12.1 Å². The Morgan fingerprint density at radius 3 is 1.69 bits per heavy atom. The predicted molar refractivity (Wildman–Crippen MR) is 132 cm³/mol. The molecule has 0 aromatic heterocycles. The molecule has 0 saturated carbocycles. The highest BCUT2D eigenvalue weighted by Crippen LogP contribution is 2.07. The first-order valence-electron chi connectivity index (χ1n) is 10.4. The van der Waals surface area contributed by atoms with E-state index in [1.54, 1.807) is 27.7 Å². The minimum atomic E-state index is -0.628. The van der Waals surface area contributed by atoms with E-state index in [1.165, 1.54) is 5.57 Å². The van der Waals surface area contributed by atoms with Crippen LogP contribution in [0, 0.1) is 5.92 Å². The summed E-state index contributed by atoms with van der Waals surface area (Å²) in [5, 5.41) is 15.6. The minimum Gasteiger partial charge on any atom is -0.444 e. The molecule has 0 radical (unpaired) electrons. The number of allylic oxidation sites excluding steroid dienone is 1. The summed E-state index contributed by atoms with van der Waals surface area (Å²) >= 11 is 0. The van der Waals surface area contributed by atoms with Crippen molar-refractivity contribution in [3.63, 3.8) is 0 Å². The zero-order chi connectivity index (χ0) is 24.6. The van der Waals surface area contributed by atoms with E-state index >= 15 is 0 Å². The van der Waals surface area contributed by atoms with E-state index in [0.29, 0.717) is 12.5 Å². The highest BCUT2D eigenvalue weighted by molar-refractivity contribution is 5.68. The van der Waals surface area contributed by atoms with E-state index in [9.17, 15) is 9.90 Å². The molecule has 0 unspecified atom stereocenters. The van der Waals surface area contributed by atoms with Crippen molar-refractivity contribution in [2.45, 2.75) is 93.4 Å². The molecule has 0 aliphatic heterocycles. The molecule has 176 valence electrons. The number of rotatable bonds is 7. The number of aliphatic hydroxyl groups excluding tert-OH is 1. The zero-order valence-corrected chi connectivity index (χ0v) is 21.2. The second-order valence-electron chi connectivity index (χ2n) is 7.37. The van der Waals surface area contributed by atoms with Crippen LogP contribution in [-0.4, -0.2) is 42.0 Å². The van der Waals surface area contributed by atoms with Crippen molar-refractivity contribution in [3.05, 3.63) is 38.5 Å². The maximum Gasteiger partial charge on any atom is 0.407 e. The van der Waals surface area contributed by atoms with Crippen LogP contribution < -0.4 is 10.6 Å². The van der Waals surface area contributed by atoms with Crippen molar-refractivity contribution in [1.29, 1.82) is 0 Å². The number of aliphatic hydroxyl groups is 1. The van der Waals surface area contributed by atoms with Crippen molar-refractivity contribution < 1.29 is 14.6 Å². The second kappa shape index (κ2) is 26.4. The van der Waals surface area contributed by atoms with Crippen LogP contribution in [0.1, 0.15) is 75.7 Å². The number of hydrogen-bond donors (Lipinski definition) is 3. The molecule has 29 heavy (non-hydrogen) atoms. The molecule has 3 N–H and O–H groups in total. The van der Waals surface area contributed by atoms with E-state index in [-0.39, 0.29) is 6.04 Å². The monoisotopic (exact) mass is 416 g/mol. The smallest absolute Gasteiger partial charge is 0.407 e. The van der Waals surface area contributed by atoms with E-state index in [4.69, 9.17) is 4.74 Å². The lowest BCUT2D eigenvalue weighted by atomic mass is 10.1. The fourth-order valence-electron chi connectivity index (χ4n) is 1.29. The molecular weight excluding hydrogens is 364 g/mol. The topological polar surface area (TPSA) is 70.6 Å². The highest BCUT2D eigenvalue weighted by atomic mass is 16.6. The van der Waals surface area contributed by atoms with Crippen LogP contribution >= 0.6 is 0 Å². The Morgan fingerprint density at radius 2 is 1.41 bits per heavy atom. The number of alkyl carbamates (subject to hydrolysis) is 1. The van der Waals surface area contributed by atoms with Gasteiger partial charge in [-0.15, -0.1) is 32.9 Å². The maximum atomic E-state index is 11.5. The summed E-state index contributed by atoms with van der Waals surface area (Å²) in [5.74, 6) is 0.534. The van der Waals surface area contributed by atoms with E-state index in [1.807, 2.05) is 20.8 Å². The van der Waals surface area contributed by atoms with Gasteiger partial charge in [-0.1, -0.05) is 40.2 Å². The van der Waals surface area contributed by atoms with Gasteiger partial charge in [0.25, 0.3) is 0 Å². The highest BCUT2D eigenvalue weighted by Gasteiger charge is 2.21. The van der Waals surface area contributed by atoms with Gasteiger partial charge in [-0.2, -0.15) is 0 Å². The molecule has 0 aliphatic rings. The van der Waals surface area contributed by atoms with Crippen LogP contribution in [0.3, 0.4) is 0 Å². The number of amides is 1. The molecule has 5 heteroatoms. The molecule has 5 nitrogen and oxygen atoms in total. The molecule has 0 aromatic rings. The summed E-state index contributed by atoms with van der Waals surface area (Å²) in [7, 11) is 0. The Hall–Kier alpha value is -1.59. The fourth-order valence-corrected chi connectivity index (χ4v) is 1.29. The van der Waals surface area contributed by atoms with Crippen molar-refractivity contribution in [3.8, 4) is 0 Å². The van der Waals surface area contributed by atoms with Gasteiger partial charge in [0, 0.05) is 6.54 Å². The second-order valence-corrected chi connectivity index (χ2v) is 7.37. The normalized spacial score (nSPS) is 11.3. The molecule has 0 fully saturated rings.